The van der Waals surface area contributed by atoms with Crippen LogP contribution in [0.3, 0.4) is 0 Å². The average molecular weight is 388 g/mol. The van der Waals surface area contributed by atoms with E-state index in [1.807, 2.05) is 26.0 Å². The number of urea groups is 1. The number of carbonyl (C=O) groups is 1. The van der Waals surface area contributed by atoms with Crippen molar-refractivity contribution in [3.63, 3.8) is 0 Å². The van der Waals surface area contributed by atoms with E-state index in [4.69, 9.17) is 4.18 Å². The van der Waals surface area contributed by atoms with Gasteiger partial charge in [-0.2, -0.15) is 8.42 Å². The highest BCUT2D eigenvalue weighted by atomic mass is 32.2. The highest BCUT2D eigenvalue weighted by molar-refractivity contribution is 7.87. The van der Waals surface area contributed by atoms with Gasteiger partial charge in [-0.1, -0.05) is 32.0 Å². The second-order valence-electron chi connectivity index (χ2n) is 6.41. The predicted molar refractivity (Wildman–Crippen MR) is 105 cm³/mol. The SMILES string of the molecule is CCCN1CCN(c2ccc(S(=O)(=O)Oc3ccccc3CC)cc2)C1=O. The van der Waals surface area contributed by atoms with Crippen molar-refractivity contribution in [3.8, 4) is 5.75 Å². The zero-order chi connectivity index (χ0) is 19.4. The Balaban J connectivity index is 1.78. The Morgan fingerprint density at radius 3 is 2.37 bits per heavy atom. The second-order valence-corrected chi connectivity index (χ2v) is 7.96. The molecular weight excluding hydrogens is 364 g/mol. The van der Waals surface area contributed by atoms with E-state index in [2.05, 4.69) is 0 Å². The fourth-order valence-corrected chi connectivity index (χ4v) is 4.10. The van der Waals surface area contributed by atoms with Crippen LogP contribution in [0.5, 0.6) is 5.75 Å². The summed E-state index contributed by atoms with van der Waals surface area (Å²) in [5.41, 5.74) is 1.52. The summed E-state index contributed by atoms with van der Waals surface area (Å²) in [4.78, 5) is 15.9. The van der Waals surface area contributed by atoms with Crippen molar-refractivity contribution in [1.29, 1.82) is 0 Å². The van der Waals surface area contributed by atoms with Crippen LogP contribution in [0.2, 0.25) is 0 Å². The van der Waals surface area contributed by atoms with Gasteiger partial charge in [0, 0.05) is 25.3 Å². The molecule has 0 N–H and O–H groups in total. The first-order valence-electron chi connectivity index (χ1n) is 9.15. The molecule has 0 bridgehead atoms. The summed E-state index contributed by atoms with van der Waals surface area (Å²) in [6, 6.07) is 13.3. The smallest absolute Gasteiger partial charge is 0.339 e. The van der Waals surface area contributed by atoms with Gasteiger partial charge >= 0.3 is 16.1 Å². The molecule has 2 amide bonds. The molecule has 144 valence electrons. The van der Waals surface area contributed by atoms with Gasteiger partial charge in [-0.3, -0.25) is 4.90 Å². The number of hydrogen-bond acceptors (Lipinski definition) is 4. The highest BCUT2D eigenvalue weighted by Gasteiger charge is 2.29. The molecule has 1 fully saturated rings. The quantitative estimate of drug-likeness (QED) is 0.679. The van der Waals surface area contributed by atoms with Crippen LogP contribution >= 0.6 is 0 Å². The summed E-state index contributed by atoms with van der Waals surface area (Å²) in [6.45, 7) is 5.99. The summed E-state index contributed by atoms with van der Waals surface area (Å²) in [5, 5.41) is 0. The second kappa shape index (κ2) is 8.00. The lowest BCUT2D eigenvalue weighted by Crippen LogP contribution is -2.32. The lowest BCUT2D eigenvalue weighted by atomic mass is 10.1. The van der Waals surface area contributed by atoms with Gasteiger partial charge in [0.15, 0.2) is 0 Å². The fourth-order valence-electron chi connectivity index (χ4n) is 3.14. The number of carbonyl (C=O) groups excluding carboxylic acids is 1. The van der Waals surface area contributed by atoms with Gasteiger partial charge in [0.25, 0.3) is 0 Å². The Hall–Kier alpha value is -2.54. The molecule has 1 aliphatic rings. The molecule has 0 unspecified atom stereocenters. The van der Waals surface area contributed by atoms with Crippen molar-refractivity contribution >= 4 is 21.8 Å². The summed E-state index contributed by atoms with van der Waals surface area (Å²) < 4.78 is 30.5. The normalized spacial score (nSPS) is 14.7. The monoisotopic (exact) mass is 388 g/mol. The number of aryl methyl sites for hydroxylation is 1. The van der Waals surface area contributed by atoms with Gasteiger partial charge in [-0.05, 0) is 48.7 Å². The molecule has 27 heavy (non-hydrogen) atoms. The van der Waals surface area contributed by atoms with E-state index in [0.717, 1.165) is 18.5 Å². The molecule has 0 aromatic heterocycles. The van der Waals surface area contributed by atoms with Gasteiger partial charge in [-0.15, -0.1) is 0 Å². The molecule has 0 aliphatic carbocycles. The molecule has 0 atom stereocenters. The molecule has 2 aromatic rings. The van der Waals surface area contributed by atoms with Crippen molar-refractivity contribution in [3.05, 3.63) is 54.1 Å². The Kier molecular flexibility index (Phi) is 5.70. The number of nitrogens with zero attached hydrogens (tertiary/aromatic N) is 2. The molecule has 1 aliphatic heterocycles. The molecule has 6 nitrogen and oxygen atoms in total. The predicted octanol–water partition coefficient (Wildman–Crippen LogP) is 3.67. The third kappa shape index (κ3) is 4.08. The fraction of sp³-hybridized carbons (Fsp3) is 0.350. The Labute approximate surface area is 160 Å². The number of anilines is 1. The van der Waals surface area contributed by atoms with Crippen LogP contribution in [0, 0.1) is 0 Å². The molecule has 0 spiro atoms. The summed E-state index contributed by atoms with van der Waals surface area (Å²) in [5.74, 6) is 0.342. The molecule has 1 saturated heterocycles. The minimum absolute atomic E-state index is 0.0411. The minimum Gasteiger partial charge on any atom is -0.379 e. The molecule has 0 saturated carbocycles. The van der Waals surface area contributed by atoms with Crippen LogP contribution < -0.4 is 9.08 Å². The number of para-hydroxylation sites is 1. The maximum absolute atomic E-state index is 12.6. The zero-order valence-corrected chi connectivity index (χ0v) is 16.4. The molecule has 7 heteroatoms. The van der Waals surface area contributed by atoms with Crippen LogP contribution in [-0.2, 0) is 16.5 Å². The Bertz CT molecular complexity index is 910. The van der Waals surface area contributed by atoms with Crippen molar-refractivity contribution < 1.29 is 17.4 Å². The van der Waals surface area contributed by atoms with Crippen LogP contribution in [0.15, 0.2) is 53.4 Å². The van der Waals surface area contributed by atoms with Crippen LogP contribution in [0.1, 0.15) is 25.8 Å². The van der Waals surface area contributed by atoms with Crippen molar-refractivity contribution in [2.24, 2.45) is 0 Å². The van der Waals surface area contributed by atoms with Crippen molar-refractivity contribution in [2.75, 3.05) is 24.5 Å². The van der Waals surface area contributed by atoms with Crippen molar-refractivity contribution in [2.45, 2.75) is 31.6 Å². The molecule has 0 radical (unpaired) electrons. The van der Waals surface area contributed by atoms with Gasteiger partial charge in [0.1, 0.15) is 10.6 Å². The topological polar surface area (TPSA) is 66.9 Å². The molecule has 2 aromatic carbocycles. The third-order valence-electron chi connectivity index (χ3n) is 4.58. The van der Waals surface area contributed by atoms with Crippen LogP contribution in [0.25, 0.3) is 0 Å². The van der Waals surface area contributed by atoms with E-state index in [9.17, 15) is 13.2 Å². The maximum Gasteiger partial charge on any atom is 0.339 e. The molecule has 1 heterocycles. The maximum atomic E-state index is 12.6. The van der Waals surface area contributed by atoms with Gasteiger partial charge < -0.3 is 9.08 Å². The summed E-state index contributed by atoms with van der Waals surface area (Å²) in [6.07, 6.45) is 1.59. The lowest BCUT2D eigenvalue weighted by molar-refractivity contribution is 0.220. The van der Waals surface area contributed by atoms with E-state index >= 15 is 0 Å². The van der Waals surface area contributed by atoms with Gasteiger partial charge in [-0.25, -0.2) is 4.79 Å². The number of benzene rings is 2. The number of rotatable bonds is 7. The molecular formula is C20H24N2O4S. The number of hydrogen-bond donors (Lipinski definition) is 0. The highest BCUT2D eigenvalue weighted by Crippen LogP contribution is 2.26. The number of amides is 2. The summed E-state index contributed by atoms with van der Waals surface area (Å²) >= 11 is 0. The minimum atomic E-state index is -3.93. The third-order valence-corrected chi connectivity index (χ3v) is 5.83. The van der Waals surface area contributed by atoms with E-state index in [1.165, 1.54) is 12.1 Å². The van der Waals surface area contributed by atoms with Crippen molar-refractivity contribution in [1.82, 2.24) is 4.90 Å². The standard InChI is InChI=1S/C20H24N2O4S/c1-3-13-21-14-15-22(20(21)23)17-9-11-18(12-10-17)27(24,25)26-19-8-6-5-7-16(19)4-2/h5-12H,3-4,13-15H2,1-2H3. The Morgan fingerprint density at radius 2 is 1.70 bits per heavy atom. The van der Waals surface area contributed by atoms with E-state index in [-0.39, 0.29) is 10.9 Å². The van der Waals surface area contributed by atoms with E-state index < -0.39 is 10.1 Å². The molecule has 3 rings (SSSR count). The van der Waals surface area contributed by atoms with E-state index in [0.29, 0.717) is 30.9 Å². The van der Waals surface area contributed by atoms with Gasteiger partial charge in [0.2, 0.25) is 0 Å². The van der Waals surface area contributed by atoms with E-state index in [1.54, 1.807) is 34.1 Å². The first-order chi connectivity index (χ1) is 13.0. The zero-order valence-electron chi connectivity index (χ0n) is 15.6. The largest absolute Gasteiger partial charge is 0.379 e. The van der Waals surface area contributed by atoms with Gasteiger partial charge in [0.05, 0.1) is 0 Å². The Morgan fingerprint density at radius 1 is 1.00 bits per heavy atom. The first kappa shape index (κ1) is 19.2. The summed E-state index contributed by atoms with van der Waals surface area (Å²) in [7, 11) is -3.93. The van der Waals surface area contributed by atoms with Crippen LogP contribution in [0.4, 0.5) is 10.5 Å². The average Bonchev–Trinajstić information content (AvgIpc) is 3.03. The lowest BCUT2D eigenvalue weighted by Gasteiger charge is -2.18. The first-order valence-corrected chi connectivity index (χ1v) is 10.6. The van der Waals surface area contributed by atoms with Crippen LogP contribution in [-0.4, -0.2) is 39.0 Å².